The summed E-state index contributed by atoms with van der Waals surface area (Å²) in [6.07, 6.45) is 2.56. The highest BCUT2D eigenvalue weighted by Crippen LogP contribution is 2.15. The van der Waals surface area contributed by atoms with Crippen LogP contribution in [-0.2, 0) is 0 Å². The molecule has 0 bridgehead atoms. The SMILES string of the molecule is C=C(CCl)CN(C)C1CCN(CC)CC1. The summed E-state index contributed by atoms with van der Waals surface area (Å²) in [4.78, 5) is 4.92. The molecule has 0 aromatic carbocycles. The van der Waals surface area contributed by atoms with Crippen molar-refractivity contribution < 1.29 is 0 Å². The third-order valence-electron chi connectivity index (χ3n) is 3.29. The van der Waals surface area contributed by atoms with Gasteiger partial charge in [0.05, 0.1) is 0 Å². The summed E-state index contributed by atoms with van der Waals surface area (Å²) in [5.74, 6) is 0.581. The molecule has 0 amide bonds. The molecular formula is C12H23ClN2. The first-order valence-electron chi connectivity index (χ1n) is 5.82. The Morgan fingerprint density at radius 2 is 2.07 bits per heavy atom. The average molecular weight is 231 g/mol. The van der Waals surface area contributed by atoms with E-state index in [1.807, 2.05) is 0 Å². The van der Waals surface area contributed by atoms with Gasteiger partial charge in [-0.2, -0.15) is 0 Å². The molecule has 0 radical (unpaired) electrons. The molecule has 0 aromatic rings. The standard InChI is InChI=1S/C12H23ClN2/c1-4-15-7-5-12(6-8-15)14(3)10-11(2)9-13/h12H,2,4-10H2,1,3H3. The van der Waals surface area contributed by atoms with E-state index < -0.39 is 0 Å². The van der Waals surface area contributed by atoms with Crippen molar-refractivity contribution in [2.45, 2.75) is 25.8 Å². The summed E-state index contributed by atoms with van der Waals surface area (Å²) in [6, 6.07) is 0.716. The van der Waals surface area contributed by atoms with Crippen molar-refractivity contribution in [1.82, 2.24) is 9.80 Å². The van der Waals surface area contributed by atoms with E-state index in [2.05, 4.69) is 30.4 Å². The highest BCUT2D eigenvalue weighted by Gasteiger charge is 2.21. The van der Waals surface area contributed by atoms with Gasteiger partial charge >= 0.3 is 0 Å². The molecule has 2 nitrogen and oxygen atoms in total. The van der Waals surface area contributed by atoms with Crippen LogP contribution in [0.2, 0.25) is 0 Å². The van der Waals surface area contributed by atoms with Gasteiger partial charge < -0.3 is 4.90 Å². The highest BCUT2D eigenvalue weighted by atomic mass is 35.5. The molecule has 1 rings (SSSR count). The Morgan fingerprint density at radius 3 is 2.53 bits per heavy atom. The lowest BCUT2D eigenvalue weighted by molar-refractivity contribution is 0.138. The summed E-state index contributed by atoms with van der Waals surface area (Å²) in [5.41, 5.74) is 1.12. The van der Waals surface area contributed by atoms with E-state index in [1.54, 1.807) is 0 Å². The molecule has 1 aliphatic rings. The van der Waals surface area contributed by atoms with Crippen LogP contribution >= 0.6 is 11.6 Å². The van der Waals surface area contributed by atoms with Crippen LogP contribution in [0, 0.1) is 0 Å². The van der Waals surface area contributed by atoms with Gasteiger partial charge in [-0.1, -0.05) is 13.5 Å². The predicted molar refractivity (Wildman–Crippen MR) is 67.6 cm³/mol. The van der Waals surface area contributed by atoms with E-state index in [9.17, 15) is 0 Å². The fraction of sp³-hybridized carbons (Fsp3) is 0.833. The molecule has 1 saturated heterocycles. The van der Waals surface area contributed by atoms with Crippen molar-refractivity contribution >= 4 is 11.6 Å². The van der Waals surface area contributed by atoms with E-state index in [4.69, 9.17) is 11.6 Å². The molecule has 15 heavy (non-hydrogen) atoms. The predicted octanol–water partition coefficient (Wildman–Crippen LogP) is 2.20. The molecule has 0 aromatic heterocycles. The van der Waals surface area contributed by atoms with E-state index in [0.29, 0.717) is 11.9 Å². The molecule has 3 heteroatoms. The monoisotopic (exact) mass is 230 g/mol. The van der Waals surface area contributed by atoms with Gasteiger partial charge in [-0.15, -0.1) is 11.6 Å². The van der Waals surface area contributed by atoms with Gasteiger partial charge in [0.2, 0.25) is 0 Å². The quantitative estimate of drug-likeness (QED) is 0.528. The van der Waals surface area contributed by atoms with Gasteiger partial charge in [0.15, 0.2) is 0 Å². The zero-order chi connectivity index (χ0) is 11.3. The Labute approximate surface area is 98.9 Å². The van der Waals surface area contributed by atoms with Gasteiger partial charge in [0.1, 0.15) is 0 Å². The fourth-order valence-corrected chi connectivity index (χ4v) is 2.28. The number of piperidine rings is 1. The molecular weight excluding hydrogens is 208 g/mol. The zero-order valence-corrected chi connectivity index (χ0v) is 10.8. The summed E-state index contributed by atoms with van der Waals surface area (Å²) >= 11 is 5.75. The van der Waals surface area contributed by atoms with E-state index in [0.717, 1.165) is 12.1 Å². The first-order chi connectivity index (χ1) is 7.17. The molecule has 1 heterocycles. The molecule has 88 valence electrons. The first kappa shape index (κ1) is 13.0. The van der Waals surface area contributed by atoms with Crippen molar-refractivity contribution in [1.29, 1.82) is 0 Å². The molecule has 0 aliphatic carbocycles. The van der Waals surface area contributed by atoms with Gasteiger partial charge in [0, 0.05) is 18.5 Å². The van der Waals surface area contributed by atoms with Crippen LogP contribution in [0.25, 0.3) is 0 Å². The Morgan fingerprint density at radius 1 is 1.47 bits per heavy atom. The lowest BCUT2D eigenvalue weighted by Gasteiger charge is -2.36. The minimum absolute atomic E-state index is 0.581. The molecule has 0 unspecified atom stereocenters. The average Bonchev–Trinajstić information content (AvgIpc) is 2.29. The van der Waals surface area contributed by atoms with Crippen molar-refractivity contribution in [2.24, 2.45) is 0 Å². The summed E-state index contributed by atoms with van der Waals surface area (Å²) < 4.78 is 0. The Kier molecular flexibility index (Phi) is 5.65. The number of likely N-dealkylation sites (N-methyl/N-ethyl adjacent to an activating group) is 1. The molecule has 0 saturated carbocycles. The Balaban J connectivity index is 2.29. The number of halogens is 1. The smallest absolute Gasteiger partial charge is 0.0443 e. The van der Waals surface area contributed by atoms with Crippen LogP contribution < -0.4 is 0 Å². The maximum atomic E-state index is 5.75. The lowest BCUT2D eigenvalue weighted by Crippen LogP contribution is -2.43. The zero-order valence-electron chi connectivity index (χ0n) is 10.0. The Hall–Kier alpha value is -0.0500. The summed E-state index contributed by atoms with van der Waals surface area (Å²) in [5, 5.41) is 0. The maximum Gasteiger partial charge on any atom is 0.0443 e. The van der Waals surface area contributed by atoms with Crippen LogP contribution in [-0.4, -0.2) is 54.9 Å². The molecule has 1 aliphatic heterocycles. The molecule has 0 atom stereocenters. The topological polar surface area (TPSA) is 6.48 Å². The van der Waals surface area contributed by atoms with Crippen molar-refractivity contribution in [3.8, 4) is 0 Å². The molecule has 0 N–H and O–H groups in total. The molecule has 0 spiro atoms. The van der Waals surface area contributed by atoms with Gasteiger partial charge in [-0.05, 0) is 45.1 Å². The van der Waals surface area contributed by atoms with E-state index >= 15 is 0 Å². The number of likely N-dealkylation sites (tertiary alicyclic amines) is 1. The van der Waals surface area contributed by atoms with Crippen molar-refractivity contribution in [3.63, 3.8) is 0 Å². The highest BCUT2D eigenvalue weighted by molar-refractivity contribution is 6.19. The number of hydrogen-bond donors (Lipinski definition) is 0. The second-order valence-electron chi connectivity index (χ2n) is 4.46. The normalized spacial score (nSPS) is 19.7. The van der Waals surface area contributed by atoms with Crippen LogP contribution in [0.5, 0.6) is 0 Å². The number of rotatable bonds is 5. The van der Waals surface area contributed by atoms with Crippen LogP contribution in [0.3, 0.4) is 0 Å². The fourth-order valence-electron chi connectivity index (χ4n) is 2.20. The lowest BCUT2D eigenvalue weighted by atomic mass is 10.0. The largest absolute Gasteiger partial charge is 0.303 e. The second-order valence-corrected chi connectivity index (χ2v) is 4.73. The maximum absolute atomic E-state index is 5.75. The number of alkyl halides is 1. The van der Waals surface area contributed by atoms with Gasteiger partial charge in [0.25, 0.3) is 0 Å². The van der Waals surface area contributed by atoms with Crippen molar-refractivity contribution in [2.75, 3.05) is 39.1 Å². The van der Waals surface area contributed by atoms with E-state index in [1.165, 1.54) is 32.5 Å². The minimum Gasteiger partial charge on any atom is -0.303 e. The van der Waals surface area contributed by atoms with Crippen LogP contribution in [0.4, 0.5) is 0 Å². The van der Waals surface area contributed by atoms with Gasteiger partial charge in [-0.25, -0.2) is 0 Å². The van der Waals surface area contributed by atoms with Crippen LogP contribution in [0.1, 0.15) is 19.8 Å². The van der Waals surface area contributed by atoms with Crippen molar-refractivity contribution in [3.05, 3.63) is 12.2 Å². The Bertz CT molecular complexity index is 198. The molecule has 1 fully saturated rings. The number of hydrogen-bond acceptors (Lipinski definition) is 2. The number of nitrogens with zero attached hydrogens (tertiary/aromatic N) is 2. The van der Waals surface area contributed by atoms with Gasteiger partial charge in [-0.3, -0.25) is 4.90 Å². The minimum atomic E-state index is 0.581. The third-order valence-corrected chi connectivity index (χ3v) is 3.67. The third kappa shape index (κ3) is 4.13. The van der Waals surface area contributed by atoms with Crippen LogP contribution in [0.15, 0.2) is 12.2 Å². The first-order valence-corrected chi connectivity index (χ1v) is 6.36. The summed E-state index contributed by atoms with van der Waals surface area (Å²) in [7, 11) is 2.18. The van der Waals surface area contributed by atoms with E-state index in [-0.39, 0.29) is 0 Å². The summed E-state index contributed by atoms with van der Waals surface area (Å²) in [6.45, 7) is 10.8. The second kappa shape index (κ2) is 6.51.